The Labute approximate surface area is 116 Å². The second-order valence-corrected chi connectivity index (χ2v) is 5.89. The van der Waals surface area contributed by atoms with Crippen LogP contribution in [0.4, 0.5) is 0 Å². The predicted octanol–water partition coefficient (Wildman–Crippen LogP) is 1.75. The van der Waals surface area contributed by atoms with E-state index in [9.17, 15) is 9.59 Å². The highest BCUT2D eigenvalue weighted by Crippen LogP contribution is 2.22. The van der Waals surface area contributed by atoms with E-state index in [4.69, 9.17) is 10.8 Å². The maximum atomic E-state index is 11.9. The van der Waals surface area contributed by atoms with E-state index < -0.39 is 18.1 Å². The standard InChI is InChI=1S/C13H20N2O3S/c1-8(2)6-9(14)13(18)15-10(7-12(16)17)11-4-3-5-19-11/h3-5,8-10H,6-7,14H2,1-2H3,(H,15,18)(H,16,17)/t9-,10?/m0/s1. The first kappa shape index (κ1) is 15.7. The molecule has 0 saturated carbocycles. The molecule has 1 rings (SSSR count). The molecule has 0 fully saturated rings. The minimum Gasteiger partial charge on any atom is -0.481 e. The zero-order chi connectivity index (χ0) is 14.4. The van der Waals surface area contributed by atoms with Crippen LogP contribution in [0, 0.1) is 5.92 Å². The van der Waals surface area contributed by atoms with Crippen LogP contribution < -0.4 is 11.1 Å². The van der Waals surface area contributed by atoms with Crippen molar-refractivity contribution in [1.29, 1.82) is 0 Å². The van der Waals surface area contributed by atoms with Crippen LogP contribution in [0.3, 0.4) is 0 Å². The second kappa shape index (κ2) is 7.25. The molecule has 19 heavy (non-hydrogen) atoms. The molecule has 106 valence electrons. The maximum absolute atomic E-state index is 11.9. The van der Waals surface area contributed by atoms with Crippen molar-refractivity contribution in [3.8, 4) is 0 Å². The van der Waals surface area contributed by atoms with Gasteiger partial charge in [0.15, 0.2) is 0 Å². The highest BCUT2D eigenvalue weighted by atomic mass is 32.1. The number of nitrogens with two attached hydrogens (primary N) is 1. The minimum absolute atomic E-state index is 0.138. The third-order valence-electron chi connectivity index (χ3n) is 2.64. The number of carbonyl (C=O) groups is 2. The average Bonchev–Trinajstić information content (AvgIpc) is 2.79. The van der Waals surface area contributed by atoms with Crippen molar-refractivity contribution < 1.29 is 14.7 Å². The number of hydrogen-bond donors (Lipinski definition) is 3. The SMILES string of the molecule is CC(C)C[C@H](N)C(=O)NC(CC(=O)O)c1cccs1. The summed E-state index contributed by atoms with van der Waals surface area (Å²) in [6, 6.07) is 2.53. The molecule has 0 radical (unpaired) electrons. The Morgan fingerprint density at radius 3 is 2.63 bits per heavy atom. The zero-order valence-electron chi connectivity index (χ0n) is 11.1. The van der Waals surface area contributed by atoms with Gasteiger partial charge in [-0.25, -0.2) is 0 Å². The molecule has 1 amide bonds. The van der Waals surface area contributed by atoms with Crippen LogP contribution in [0.25, 0.3) is 0 Å². The Morgan fingerprint density at radius 1 is 1.47 bits per heavy atom. The second-order valence-electron chi connectivity index (χ2n) is 4.91. The fourth-order valence-corrected chi connectivity index (χ4v) is 2.56. The Hall–Kier alpha value is -1.40. The molecule has 1 aromatic rings. The fourth-order valence-electron chi connectivity index (χ4n) is 1.78. The van der Waals surface area contributed by atoms with E-state index >= 15 is 0 Å². The van der Waals surface area contributed by atoms with Gasteiger partial charge in [0.05, 0.1) is 18.5 Å². The van der Waals surface area contributed by atoms with Gasteiger partial charge in [0, 0.05) is 4.88 Å². The van der Waals surface area contributed by atoms with E-state index in [2.05, 4.69) is 5.32 Å². The number of amides is 1. The molecule has 0 aromatic carbocycles. The third-order valence-corrected chi connectivity index (χ3v) is 3.63. The summed E-state index contributed by atoms with van der Waals surface area (Å²) < 4.78 is 0. The van der Waals surface area contributed by atoms with E-state index in [-0.39, 0.29) is 12.3 Å². The van der Waals surface area contributed by atoms with Gasteiger partial charge in [-0.3, -0.25) is 9.59 Å². The number of hydrogen-bond acceptors (Lipinski definition) is 4. The molecule has 0 aliphatic carbocycles. The van der Waals surface area contributed by atoms with Crippen LogP contribution in [0.5, 0.6) is 0 Å². The quantitative estimate of drug-likeness (QED) is 0.711. The molecular formula is C13H20N2O3S. The normalized spacial score (nSPS) is 14.1. The van der Waals surface area contributed by atoms with Crippen molar-refractivity contribution in [2.75, 3.05) is 0 Å². The van der Waals surface area contributed by atoms with E-state index in [0.29, 0.717) is 12.3 Å². The van der Waals surface area contributed by atoms with Crippen molar-refractivity contribution in [3.63, 3.8) is 0 Å². The molecule has 0 aliphatic heterocycles. The fraction of sp³-hybridized carbons (Fsp3) is 0.538. The molecule has 6 heteroatoms. The largest absolute Gasteiger partial charge is 0.481 e. The first-order chi connectivity index (χ1) is 8.90. The van der Waals surface area contributed by atoms with Gasteiger partial charge in [0.1, 0.15) is 0 Å². The lowest BCUT2D eigenvalue weighted by molar-refractivity contribution is -0.137. The lowest BCUT2D eigenvalue weighted by atomic mass is 10.0. The summed E-state index contributed by atoms with van der Waals surface area (Å²) >= 11 is 1.42. The number of rotatable bonds is 7. The molecule has 4 N–H and O–H groups in total. The lowest BCUT2D eigenvalue weighted by Crippen LogP contribution is -2.43. The topological polar surface area (TPSA) is 92.4 Å². The average molecular weight is 284 g/mol. The van der Waals surface area contributed by atoms with Crippen molar-refractivity contribution in [2.24, 2.45) is 11.7 Å². The van der Waals surface area contributed by atoms with Crippen LogP contribution in [0.15, 0.2) is 17.5 Å². The summed E-state index contributed by atoms with van der Waals surface area (Å²) in [5, 5.41) is 13.5. The van der Waals surface area contributed by atoms with Gasteiger partial charge < -0.3 is 16.2 Å². The first-order valence-corrected chi connectivity index (χ1v) is 7.09. The van der Waals surface area contributed by atoms with E-state index in [1.807, 2.05) is 31.4 Å². The van der Waals surface area contributed by atoms with Gasteiger partial charge in [-0.05, 0) is 23.8 Å². The number of nitrogens with one attached hydrogen (secondary N) is 1. The van der Waals surface area contributed by atoms with Crippen LogP contribution in [-0.4, -0.2) is 23.0 Å². The molecule has 2 atom stereocenters. The highest BCUT2D eigenvalue weighted by molar-refractivity contribution is 7.10. The third kappa shape index (κ3) is 5.40. The molecule has 0 aliphatic rings. The molecular weight excluding hydrogens is 264 g/mol. The summed E-state index contributed by atoms with van der Waals surface area (Å²) in [6.07, 6.45) is 0.441. The summed E-state index contributed by atoms with van der Waals surface area (Å²) in [7, 11) is 0. The van der Waals surface area contributed by atoms with E-state index in [1.54, 1.807) is 0 Å². The highest BCUT2D eigenvalue weighted by Gasteiger charge is 2.22. The molecule has 1 unspecified atom stereocenters. The Morgan fingerprint density at radius 2 is 2.16 bits per heavy atom. The monoisotopic (exact) mass is 284 g/mol. The predicted molar refractivity (Wildman–Crippen MR) is 74.9 cm³/mol. The molecule has 0 spiro atoms. The summed E-state index contributed by atoms with van der Waals surface area (Å²) in [5.41, 5.74) is 5.79. The first-order valence-electron chi connectivity index (χ1n) is 6.21. The molecule has 1 aromatic heterocycles. The minimum atomic E-state index is -0.948. The number of carboxylic acid groups (broad SMARTS) is 1. The molecule has 1 heterocycles. The Balaban J connectivity index is 2.67. The number of carboxylic acids is 1. The van der Waals surface area contributed by atoms with Crippen molar-refractivity contribution in [1.82, 2.24) is 5.32 Å². The van der Waals surface area contributed by atoms with E-state index in [1.165, 1.54) is 11.3 Å². The van der Waals surface area contributed by atoms with Gasteiger partial charge in [-0.15, -0.1) is 11.3 Å². The Bertz CT molecular complexity index is 418. The van der Waals surface area contributed by atoms with Crippen molar-refractivity contribution in [2.45, 2.75) is 38.8 Å². The van der Waals surface area contributed by atoms with Gasteiger partial charge >= 0.3 is 5.97 Å². The molecule has 0 bridgehead atoms. The maximum Gasteiger partial charge on any atom is 0.305 e. The molecule has 5 nitrogen and oxygen atoms in total. The van der Waals surface area contributed by atoms with Crippen molar-refractivity contribution >= 4 is 23.2 Å². The number of carbonyl (C=O) groups excluding carboxylic acids is 1. The number of thiophene rings is 1. The Kier molecular flexibility index (Phi) is 5.98. The van der Waals surface area contributed by atoms with Crippen molar-refractivity contribution in [3.05, 3.63) is 22.4 Å². The number of aliphatic carboxylic acids is 1. The van der Waals surface area contributed by atoms with Gasteiger partial charge in [-0.2, -0.15) is 0 Å². The summed E-state index contributed by atoms with van der Waals surface area (Å²) in [5.74, 6) is -0.926. The van der Waals surface area contributed by atoms with Crippen LogP contribution in [-0.2, 0) is 9.59 Å². The summed E-state index contributed by atoms with van der Waals surface area (Å²) in [6.45, 7) is 3.97. The van der Waals surface area contributed by atoms with E-state index in [0.717, 1.165) is 4.88 Å². The summed E-state index contributed by atoms with van der Waals surface area (Å²) in [4.78, 5) is 23.6. The molecule has 0 saturated heterocycles. The smallest absolute Gasteiger partial charge is 0.305 e. The van der Waals surface area contributed by atoms with Crippen LogP contribution >= 0.6 is 11.3 Å². The van der Waals surface area contributed by atoms with Gasteiger partial charge in [0.25, 0.3) is 0 Å². The van der Waals surface area contributed by atoms with Crippen LogP contribution in [0.1, 0.15) is 37.6 Å². The van der Waals surface area contributed by atoms with Gasteiger partial charge in [0.2, 0.25) is 5.91 Å². The lowest BCUT2D eigenvalue weighted by Gasteiger charge is -2.19. The zero-order valence-corrected chi connectivity index (χ0v) is 11.9. The van der Waals surface area contributed by atoms with Gasteiger partial charge in [-0.1, -0.05) is 19.9 Å². The van der Waals surface area contributed by atoms with Crippen LogP contribution in [0.2, 0.25) is 0 Å².